The van der Waals surface area contributed by atoms with Gasteiger partial charge in [0.2, 0.25) is 0 Å². The molecule has 1 unspecified atom stereocenters. The van der Waals surface area contributed by atoms with Gasteiger partial charge in [-0.3, -0.25) is 10.1 Å². The summed E-state index contributed by atoms with van der Waals surface area (Å²) in [5, 5.41) is 21.1. The molecule has 0 heterocycles. The molecule has 0 aliphatic heterocycles. The smallest absolute Gasteiger partial charge is 0.258 e. The van der Waals surface area contributed by atoms with E-state index in [9.17, 15) is 22.7 Å². The van der Waals surface area contributed by atoms with E-state index < -0.39 is 14.2 Å². The van der Waals surface area contributed by atoms with Crippen LogP contribution in [0, 0.1) is 10.1 Å². The number of anilines is 1. The molecule has 1 amide bonds. The summed E-state index contributed by atoms with van der Waals surface area (Å²) >= 11 is -4.83. The summed E-state index contributed by atoms with van der Waals surface area (Å²) in [7, 11) is 0. The third-order valence-corrected chi connectivity index (χ3v) is 5.59. The normalized spacial score (nSPS) is 12.3. The van der Waals surface area contributed by atoms with Crippen LogP contribution in [0.15, 0.2) is 48.5 Å². The molecule has 0 aromatic heterocycles. The summed E-state index contributed by atoms with van der Waals surface area (Å²) in [4.78, 5) is 20.8. The molecule has 0 aliphatic rings. The van der Waals surface area contributed by atoms with E-state index in [-0.39, 0.29) is 20.9 Å². The Labute approximate surface area is 152 Å². The van der Waals surface area contributed by atoms with Crippen molar-refractivity contribution < 1.29 is 26.7 Å². The van der Waals surface area contributed by atoms with Crippen LogP contribution in [0.5, 0.6) is 0 Å². The molecule has 2 aromatic carbocycles. The third kappa shape index (κ3) is 6.45. The average Bonchev–Trinajstić information content (AvgIpc) is 2.61. The van der Waals surface area contributed by atoms with Crippen LogP contribution in [0.25, 0.3) is 0 Å². The molecule has 1 atom stereocenters. The van der Waals surface area contributed by atoms with Crippen molar-refractivity contribution in [2.45, 2.75) is 20.3 Å². The number of nitro groups is 1. The van der Waals surface area contributed by atoms with Gasteiger partial charge >= 0.3 is 88.4 Å². The van der Waals surface area contributed by atoms with Crippen molar-refractivity contribution >= 4 is 35.8 Å². The van der Waals surface area contributed by atoms with Crippen LogP contribution in [0.3, 0.4) is 0 Å². The standard InChI is InChI=1S/C8H10AsNO5.C8H9NO2/c1-6(11)10-8-4-2-3-7(5-8)9(12,13)15-14;1-2-7-5-3-4-6-8(7)9(10)11/h2-5,14H,1H3,(H,10,11)(H,12,13);3-6H,2H2,1H3. The van der Waals surface area contributed by atoms with Gasteiger partial charge in [-0.1, -0.05) is 25.1 Å². The Morgan fingerprint density at radius 2 is 1.92 bits per heavy atom. The molecule has 2 aromatic rings. The molecule has 0 saturated heterocycles. The van der Waals surface area contributed by atoms with E-state index in [2.05, 4.69) is 9.19 Å². The topological polar surface area (TPSA) is 139 Å². The van der Waals surface area contributed by atoms with Gasteiger partial charge in [-0.25, -0.2) is 0 Å². The second-order valence-electron chi connectivity index (χ2n) is 5.07. The minimum absolute atomic E-state index is 0.0399. The first kappa shape index (κ1) is 21.6. The number of para-hydroxylation sites is 1. The number of nitro benzene ring substituents is 1. The van der Waals surface area contributed by atoms with Gasteiger partial charge in [-0.2, -0.15) is 0 Å². The molecular formula is C16H19AsN2O7. The maximum atomic E-state index is 11.3. The van der Waals surface area contributed by atoms with Gasteiger partial charge < -0.3 is 0 Å². The van der Waals surface area contributed by atoms with Gasteiger partial charge in [-0.15, -0.1) is 0 Å². The molecular weight excluding hydrogens is 407 g/mol. The summed E-state index contributed by atoms with van der Waals surface area (Å²) in [6.07, 6.45) is 0.706. The molecule has 2 rings (SSSR count). The van der Waals surface area contributed by atoms with Crippen LogP contribution >= 0.6 is 0 Å². The van der Waals surface area contributed by atoms with E-state index in [1.807, 2.05) is 13.0 Å². The Hall–Kier alpha value is -2.45. The number of aryl methyl sites for hydroxylation is 1. The number of rotatable bonds is 5. The summed E-state index contributed by atoms with van der Waals surface area (Å²) < 4.78 is 23.9. The SMILES string of the molecule is CC(=O)Nc1cccc([As](=O)(O)OO)c1.CCc1ccccc1[N+](=O)[O-]. The van der Waals surface area contributed by atoms with E-state index in [4.69, 9.17) is 5.26 Å². The number of hydrogen-bond acceptors (Lipinski definition) is 6. The van der Waals surface area contributed by atoms with E-state index in [0.717, 1.165) is 5.56 Å². The van der Waals surface area contributed by atoms with Gasteiger partial charge in [0.15, 0.2) is 0 Å². The van der Waals surface area contributed by atoms with Crippen molar-refractivity contribution in [1.29, 1.82) is 0 Å². The van der Waals surface area contributed by atoms with Crippen LogP contribution in [-0.2, 0) is 18.8 Å². The monoisotopic (exact) mass is 426 g/mol. The summed E-state index contributed by atoms with van der Waals surface area (Å²) in [6.45, 7) is 3.22. The number of amides is 1. The van der Waals surface area contributed by atoms with Gasteiger partial charge in [0.1, 0.15) is 0 Å². The van der Waals surface area contributed by atoms with Gasteiger partial charge in [-0.05, 0) is 6.42 Å². The number of hydrogen-bond donors (Lipinski definition) is 3. The van der Waals surface area contributed by atoms with Crippen LogP contribution in [0.4, 0.5) is 11.4 Å². The van der Waals surface area contributed by atoms with Crippen molar-refractivity contribution in [2.75, 3.05) is 5.32 Å². The number of carbonyl (C=O) groups is 1. The minimum Gasteiger partial charge on any atom is -0.258 e. The Morgan fingerprint density at radius 1 is 1.27 bits per heavy atom. The number of benzene rings is 2. The quantitative estimate of drug-likeness (QED) is 0.287. The number of nitrogens with zero attached hydrogens (tertiary/aromatic N) is 1. The van der Waals surface area contributed by atoms with Crippen LogP contribution < -0.4 is 9.67 Å². The first-order valence-corrected chi connectivity index (χ1v) is 10.8. The zero-order chi connectivity index (χ0) is 19.7. The molecule has 3 N–H and O–H groups in total. The Kier molecular flexibility index (Phi) is 8.21. The minimum atomic E-state index is -4.83. The molecule has 0 radical (unpaired) electrons. The maximum absolute atomic E-state index is 11.3. The van der Waals surface area contributed by atoms with Crippen molar-refractivity contribution in [3.63, 3.8) is 0 Å². The second kappa shape index (κ2) is 9.88. The molecule has 0 fully saturated rings. The Bertz CT molecular complexity index is 826. The maximum Gasteiger partial charge on any atom is 0.272 e. The van der Waals surface area contributed by atoms with Crippen molar-refractivity contribution in [3.8, 4) is 0 Å². The van der Waals surface area contributed by atoms with E-state index in [1.165, 1.54) is 31.2 Å². The van der Waals surface area contributed by atoms with E-state index >= 15 is 0 Å². The first-order valence-electron chi connectivity index (χ1n) is 7.47. The third-order valence-electron chi connectivity index (χ3n) is 3.17. The Morgan fingerprint density at radius 3 is 2.42 bits per heavy atom. The predicted molar refractivity (Wildman–Crippen MR) is 95.2 cm³/mol. The van der Waals surface area contributed by atoms with Gasteiger partial charge in [0.25, 0.3) is 5.69 Å². The van der Waals surface area contributed by atoms with Crippen LogP contribution in [0.1, 0.15) is 19.4 Å². The Balaban J connectivity index is 0.000000273. The molecule has 0 spiro atoms. The predicted octanol–water partition coefficient (Wildman–Crippen LogP) is 1.86. The van der Waals surface area contributed by atoms with E-state index in [1.54, 1.807) is 18.2 Å². The van der Waals surface area contributed by atoms with Crippen molar-refractivity contribution in [2.24, 2.45) is 0 Å². The molecule has 10 heteroatoms. The zero-order valence-electron chi connectivity index (χ0n) is 14.2. The van der Waals surface area contributed by atoms with Crippen molar-refractivity contribution in [1.82, 2.24) is 0 Å². The molecule has 0 bridgehead atoms. The fraction of sp³-hybridized carbons (Fsp3) is 0.188. The number of carbonyl (C=O) groups excluding carboxylic acids is 1. The zero-order valence-corrected chi connectivity index (χ0v) is 16.0. The largest absolute Gasteiger partial charge is 0.272 e. The molecule has 26 heavy (non-hydrogen) atoms. The molecule has 9 nitrogen and oxygen atoms in total. The van der Waals surface area contributed by atoms with Crippen LogP contribution in [-0.4, -0.2) is 34.4 Å². The van der Waals surface area contributed by atoms with E-state index in [0.29, 0.717) is 12.1 Å². The molecule has 140 valence electrons. The van der Waals surface area contributed by atoms with Crippen LogP contribution in [0.2, 0.25) is 0 Å². The van der Waals surface area contributed by atoms with Gasteiger partial charge in [0.05, 0.1) is 4.92 Å². The second-order valence-corrected chi connectivity index (χ2v) is 8.68. The number of nitrogens with one attached hydrogen (secondary N) is 1. The average molecular weight is 426 g/mol. The summed E-state index contributed by atoms with van der Waals surface area (Å²) in [6, 6.07) is 12.4. The van der Waals surface area contributed by atoms with Crippen molar-refractivity contribution in [3.05, 3.63) is 64.2 Å². The fourth-order valence-corrected chi connectivity index (χ4v) is 3.41. The van der Waals surface area contributed by atoms with Gasteiger partial charge in [0, 0.05) is 11.6 Å². The molecule has 0 aliphatic carbocycles. The summed E-state index contributed by atoms with van der Waals surface area (Å²) in [5.74, 6) is -0.294. The summed E-state index contributed by atoms with van der Waals surface area (Å²) in [5.41, 5.74) is 1.38. The first-order chi connectivity index (χ1) is 12.2. The molecule has 0 saturated carbocycles. The fourth-order valence-electron chi connectivity index (χ4n) is 2.00.